The Kier molecular flexibility index (Phi) is 7.15. The van der Waals surface area contributed by atoms with Gasteiger partial charge in [0.25, 0.3) is 11.8 Å². The lowest BCUT2D eigenvalue weighted by molar-refractivity contribution is -0.122. The van der Waals surface area contributed by atoms with Crippen LogP contribution in [-0.2, 0) is 16.1 Å². The highest BCUT2D eigenvalue weighted by Crippen LogP contribution is 2.29. The molecule has 1 fully saturated rings. The molecule has 1 heterocycles. The lowest BCUT2D eigenvalue weighted by atomic mass is 10.1. The number of methoxy groups -OCH3 is 1. The molecule has 0 saturated carbocycles. The molecule has 3 aromatic carbocycles. The number of ether oxygens (including phenoxy) is 2. The van der Waals surface area contributed by atoms with E-state index in [9.17, 15) is 14.4 Å². The van der Waals surface area contributed by atoms with Crippen molar-refractivity contribution in [2.75, 3.05) is 18.6 Å². The van der Waals surface area contributed by atoms with Crippen LogP contribution >= 0.6 is 0 Å². The highest BCUT2D eigenvalue weighted by atomic mass is 16.5. The summed E-state index contributed by atoms with van der Waals surface area (Å²) in [5, 5.41) is 0. The number of nitrogens with zero attached hydrogens (tertiary/aromatic N) is 2. The summed E-state index contributed by atoms with van der Waals surface area (Å²) in [4.78, 5) is 42.8. The summed E-state index contributed by atoms with van der Waals surface area (Å²) >= 11 is 0. The minimum atomic E-state index is -0.922. The maximum Gasteiger partial charge on any atom is 0.257 e. The molecule has 0 aliphatic carbocycles. The van der Waals surface area contributed by atoms with Gasteiger partial charge in [0.2, 0.25) is 5.91 Å². The van der Waals surface area contributed by atoms with Crippen molar-refractivity contribution in [1.29, 1.82) is 0 Å². The van der Waals surface area contributed by atoms with Crippen molar-refractivity contribution in [3.05, 3.63) is 89.5 Å². The van der Waals surface area contributed by atoms with E-state index < -0.39 is 11.9 Å². The SMILES string of the molecule is CCOc1ccc(N2C(=O)CC(N(Cc3ccc(C)cc3)C(=O)c3cccc(OC)c3)C2=O)cc1. The van der Waals surface area contributed by atoms with E-state index in [4.69, 9.17) is 9.47 Å². The van der Waals surface area contributed by atoms with Crippen molar-refractivity contribution in [2.45, 2.75) is 32.9 Å². The number of aryl methyl sites for hydroxylation is 1. The van der Waals surface area contributed by atoms with E-state index in [0.717, 1.165) is 16.0 Å². The van der Waals surface area contributed by atoms with Crippen LogP contribution in [0.5, 0.6) is 11.5 Å². The van der Waals surface area contributed by atoms with Crippen LogP contribution in [0.15, 0.2) is 72.8 Å². The summed E-state index contributed by atoms with van der Waals surface area (Å²) in [5.74, 6) is 0.0697. The van der Waals surface area contributed by atoms with Crippen LogP contribution in [-0.4, -0.2) is 42.4 Å². The van der Waals surface area contributed by atoms with E-state index in [0.29, 0.717) is 29.4 Å². The van der Waals surface area contributed by atoms with Crippen LogP contribution in [0.25, 0.3) is 0 Å². The largest absolute Gasteiger partial charge is 0.497 e. The van der Waals surface area contributed by atoms with Crippen molar-refractivity contribution < 1.29 is 23.9 Å². The van der Waals surface area contributed by atoms with Crippen LogP contribution in [0.2, 0.25) is 0 Å². The minimum absolute atomic E-state index is 0.0897. The fourth-order valence-corrected chi connectivity index (χ4v) is 4.12. The second kappa shape index (κ2) is 10.4. The third kappa shape index (κ3) is 5.19. The van der Waals surface area contributed by atoms with Gasteiger partial charge in [0.1, 0.15) is 17.5 Å². The molecule has 3 amide bonds. The predicted molar refractivity (Wildman–Crippen MR) is 133 cm³/mol. The van der Waals surface area contributed by atoms with Gasteiger partial charge in [-0.1, -0.05) is 35.9 Å². The second-order valence-electron chi connectivity index (χ2n) is 8.36. The van der Waals surface area contributed by atoms with Crippen LogP contribution in [0, 0.1) is 6.92 Å². The van der Waals surface area contributed by atoms with Crippen molar-refractivity contribution in [3.63, 3.8) is 0 Å². The van der Waals surface area contributed by atoms with Crippen molar-refractivity contribution in [2.24, 2.45) is 0 Å². The number of hydrogen-bond donors (Lipinski definition) is 0. The first-order valence-electron chi connectivity index (χ1n) is 11.5. The van der Waals surface area contributed by atoms with E-state index >= 15 is 0 Å². The summed E-state index contributed by atoms with van der Waals surface area (Å²) in [7, 11) is 1.53. The quantitative estimate of drug-likeness (QED) is 0.455. The molecule has 3 aromatic rings. The highest BCUT2D eigenvalue weighted by molar-refractivity contribution is 6.23. The normalized spacial score (nSPS) is 15.3. The first-order valence-corrected chi connectivity index (χ1v) is 11.5. The van der Waals surface area contributed by atoms with E-state index in [2.05, 4.69) is 0 Å². The van der Waals surface area contributed by atoms with Gasteiger partial charge in [-0.3, -0.25) is 14.4 Å². The molecule has 0 spiro atoms. The van der Waals surface area contributed by atoms with E-state index in [-0.39, 0.29) is 24.8 Å². The maximum atomic E-state index is 13.7. The molecule has 1 unspecified atom stereocenters. The highest BCUT2D eigenvalue weighted by Gasteiger charge is 2.44. The average molecular weight is 473 g/mol. The molecule has 4 rings (SSSR count). The Hall–Kier alpha value is -4.13. The molecule has 1 aliphatic rings. The summed E-state index contributed by atoms with van der Waals surface area (Å²) in [6, 6.07) is 20.4. The van der Waals surface area contributed by atoms with Crippen molar-refractivity contribution in [1.82, 2.24) is 4.90 Å². The molecule has 1 atom stereocenters. The minimum Gasteiger partial charge on any atom is -0.497 e. The third-order valence-electron chi connectivity index (χ3n) is 5.96. The molecule has 1 saturated heterocycles. The fourth-order valence-electron chi connectivity index (χ4n) is 4.12. The molecule has 0 radical (unpaired) electrons. The Morgan fingerprint density at radius 2 is 1.71 bits per heavy atom. The number of rotatable bonds is 8. The molecule has 180 valence electrons. The molecular formula is C28H28N2O5. The number of hydrogen-bond acceptors (Lipinski definition) is 5. The van der Waals surface area contributed by atoms with Gasteiger partial charge in [-0.15, -0.1) is 0 Å². The summed E-state index contributed by atoms with van der Waals surface area (Å²) in [5.41, 5.74) is 2.80. The standard InChI is InChI=1S/C28H28N2O5/c1-4-35-23-14-12-22(13-15-23)30-26(31)17-25(28(30)33)29(18-20-10-8-19(2)9-11-20)27(32)21-6-5-7-24(16-21)34-3/h5-16,25H,4,17-18H2,1-3H3. The van der Waals surface area contributed by atoms with E-state index in [1.54, 1.807) is 48.5 Å². The number of amides is 3. The first kappa shape index (κ1) is 24.0. The van der Waals surface area contributed by atoms with Gasteiger partial charge in [0, 0.05) is 12.1 Å². The van der Waals surface area contributed by atoms with Gasteiger partial charge < -0.3 is 14.4 Å². The van der Waals surface area contributed by atoms with Crippen molar-refractivity contribution in [3.8, 4) is 11.5 Å². The Morgan fingerprint density at radius 1 is 1.00 bits per heavy atom. The number of anilines is 1. The maximum absolute atomic E-state index is 13.7. The van der Waals surface area contributed by atoms with Gasteiger partial charge in [-0.2, -0.15) is 0 Å². The number of imide groups is 1. The van der Waals surface area contributed by atoms with Crippen LogP contribution in [0.4, 0.5) is 5.69 Å². The summed E-state index contributed by atoms with van der Waals surface area (Å²) in [6.45, 7) is 4.57. The Labute approximate surface area is 204 Å². The first-order chi connectivity index (χ1) is 16.9. The number of carbonyl (C=O) groups excluding carboxylic acids is 3. The van der Waals surface area contributed by atoms with Gasteiger partial charge >= 0.3 is 0 Å². The molecule has 0 aromatic heterocycles. The molecular weight excluding hydrogens is 444 g/mol. The molecule has 7 nitrogen and oxygen atoms in total. The zero-order chi connectivity index (χ0) is 24.9. The predicted octanol–water partition coefficient (Wildman–Crippen LogP) is 4.38. The summed E-state index contributed by atoms with van der Waals surface area (Å²) < 4.78 is 10.7. The zero-order valence-electron chi connectivity index (χ0n) is 20.1. The molecule has 35 heavy (non-hydrogen) atoms. The summed E-state index contributed by atoms with van der Waals surface area (Å²) in [6.07, 6.45) is -0.0897. The van der Waals surface area contributed by atoms with Crippen molar-refractivity contribution >= 4 is 23.4 Å². The number of benzene rings is 3. The van der Waals surface area contributed by atoms with Gasteiger partial charge in [0.05, 0.1) is 25.8 Å². The Balaban J connectivity index is 1.66. The molecule has 0 N–H and O–H groups in total. The van der Waals surface area contributed by atoms with Gasteiger partial charge in [-0.25, -0.2) is 4.90 Å². The van der Waals surface area contributed by atoms with Gasteiger partial charge in [-0.05, 0) is 61.9 Å². The second-order valence-corrected chi connectivity index (χ2v) is 8.36. The smallest absolute Gasteiger partial charge is 0.257 e. The topological polar surface area (TPSA) is 76.2 Å². The van der Waals surface area contributed by atoms with Crippen LogP contribution in [0.3, 0.4) is 0 Å². The lowest BCUT2D eigenvalue weighted by Gasteiger charge is -2.28. The van der Waals surface area contributed by atoms with Crippen LogP contribution < -0.4 is 14.4 Å². The average Bonchev–Trinajstić information content (AvgIpc) is 3.17. The molecule has 0 bridgehead atoms. The van der Waals surface area contributed by atoms with E-state index in [1.807, 2.05) is 38.1 Å². The number of carbonyl (C=O) groups is 3. The van der Waals surface area contributed by atoms with Crippen LogP contribution in [0.1, 0.15) is 34.8 Å². The zero-order valence-corrected chi connectivity index (χ0v) is 20.1. The third-order valence-corrected chi connectivity index (χ3v) is 5.96. The fraction of sp³-hybridized carbons (Fsp3) is 0.250. The Bertz CT molecular complexity index is 1220. The Morgan fingerprint density at radius 3 is 2.37 bits per heavy atom. The van der Waals surface area contributed by atoms with E-state index in [1.165, 1.54) is 12.0 Å². The monoisotopic (exact) mass is 472 g/mol. The molecule has 7 heteroatoms. The van der Waals surface area contributed by atoms with Gasteiger partial charge in [0.15, 0.2) is 0 Å². The molecule has 1 aliphatic heterocycles. The lowest BCUT2D eigenvalue weighted by Crippen LogP contribution is -2.45.